The molecule has 1 aliphatic carbocycles. The minimum absolute atomic E-state index is 0.0135. The van der Waals surface area contributed by atoms with Crippen LogP contribution in [0.4, 0.5) is 0 Å². The Kier molecular flexibility index (Phi) is 11.1. The number of quaternary nitrogens is 1. The van der Waals surface area contributed by atoms with Crippen LogP contribution in [0.5, 0.6) is 11.5 Å². The molecule has 3 saturated heterocycles. The van der Waals surface area contributed by atoms with Crippen LogP contribution in [0.1, 0.15) is 86.3 Å². The van der Waals surface area contributed by atoms with Crippen molar-refractivity contribution in [2.24, 2.45) is 11.8 Å². The number of piperidine rings is 3. The fourth-order valence-corrected chi connectivity index (χ4v) is 9.28. The molecule has 0 spiro atoms. The first-order chi connectivity index (χ1) is 25.1. The van der Waals surface area contributed by atoms with Gasteiger partial charge in [0.1, 0.15) is 29.7 Å². The Morgan fingerprint density at radius 2 is 1.77 bits per heavy atom. The molecule has 1 saturated carbocycles. The molecule has 3 aliphatic heterocycles. The molecule has 2 bridgehead atoms. The van der Waals surface area contributed by atoms with Crippen molar-refractivity contribution in [3.05, 3.63) is 105 Å². The van der Waals surface area contributed by atoms with Crippen molar-refractivity contribution in [3.63, 3.8) is 0 Å². The molecule has 4 aliphatic rings. The number of fused-ring (bicyclic) bond motifs is 4. The number of rotatable bonds is 15. The van der Waals surface area contributed by atoms with Crippen LogP contribution in [-0.2, 0) is 10.3 Å². The van der Waals surface area contributed by atoms with E-state index < -0.39 is 11.7 Å². The van der Waals surface area contributed by atoms with Gasteiger partial charge in [-0.05, 0) is 73.1 Å². The molecule has 4 atom stereocenters. The molecule has 9 nitrogen and oxygen atoms in total. The lowest BCUT2D eigenvalue weighted by molar-refractivity contribution is -0.946. The summed E-state index contributed by atoms with van der Waals surface area (Å²) in [6, 6.07) is 22.7. The molecule has 9 heteroatoms. The molecule has 278 valence electrons. The molecule has 1 unspecified atom stereocenters. The number of nitrogens with zero attached hydrogens (tertiary/aromatic N) is 1. The number of aromatic nitrogens is 1. The third kappa shape index (κ3) is 7.80. The van der Waals surface area contributed by atoms with Crippen molar-refractivity contribution in [1.82, 2.24) is 10.3 Å². The first-order valence-corrected chi connectivity index (χ1v) is 19.4. The topological polar surface area (TPSA) is 124 Å². The maximum Gasteiger partial charge on any atom is 0.248 e. The number of benzene rings is 3. The van der Waals surface area contributed by atoms with Gasteiger partial charge in [-0.2, -0.15) is 0 Å². The lowest BCUT2D eigenvalue weighted by Crippen LogP contribution is -2.65. The summed E-state index contributed by atoms with van der Waals surface area (Å²) in [6.45, 7) is 9.99. The number of ether oxygens (including phenoxy) is 2. The Balaban J connectivity index is 0.894. The molecule has 3 aromatic carbocycles. The third-order valence-corrected chi connectivity index (χ3v) is 12.5. The molecule has 1 aromatic heterocycles. The molecule has 8 rings (SSSR count). The van der Waals surface area contributed by atoms with E-state index in [4.69, 9.17) is 9.47 Å². The van der Waals surface area contributed by atoms with Crippen molar-refractivity contribution in [1.29, 1.82) is 0 Å². The molecule has 4 aromatic rings. The molecule has 52 heavy (non-hydrogen) atoms. The minimum Gasteiger partial charge on any atom is -0.506 e. The average molecular weight is 711 g/mol. The summed E-state index contributed by atoms with van der Waals surface area (Å²) in [4.78, 5) is 14.4. The van der Waals surface area contributed by atoms with Crippen LogP contribution in [0.15, 0.2) is 77.6 Å². The van der Waals surface area contributed by atoms with E-state index in [1.54, 1.807) is 12.1 Å². The zero-order valence-electron chi connectivity index (χ0n) is 30.7. The second-order valence-corrected chi connectivity index (χ2v) is 15.8. The third-order valence-electron chi connectivity index (χ3n) is 12.5. The Labute approximate surface area is 307 Å². The van der Waals surface area contributed by atoms with Gasteiger partial charge in [0.15, 0.2) is 0 Å². The second kappa shape index (κ2) is 15.7. The number of nitrogens with one attached hydrogen (secondary N) is 2. The van der Waals surface area contributed by atoms with Gasteiger partial charge in [-0.3, -0.25) is 4.79 Å². The van der Waals surface area contributed by atoms with Gasteiger partial charge in [-0.25, -0.2) is 0 Å². The first kappa shape index (κ1) is 36.6. The summed E-state index contributed by atoms with van der Waals surface area (Å²) < 4.78 is 14.1. The van der Waals surface area contributed by atoms with Crippen molar-refractivity contribution >= 4 is 10.9 Å². The van der Waals surface area contributed by atoms with E-state index in [0.29, 0.717) is 42.1 Å². The van der Waals surface area contributed by atoms with E-state index in [1.165, 1.54) is 50.9 Å². The van der Waals surface area contributed by atoms with Crippen LogP contribution in [0, 0.1) is 18.8 Å². The predicted octanol–water partition coefficient (Wildman–Crippen LogP) is 6.40. The summed E-state index contributed by atoms with van der Waals surface area (Å²) >= 11 is 0. The number of hydrogen-bond acceptors (Lipinski definition) is 7. The van der Waals surface area contributed by atoms with Crippen molar-refractivity contribution in [2.45, 2.75) is 82.6 Å². The highest BCUT2D eigenvalue weighted by Crippen LogP contribution is 2.43. The highest BCUT2D eigenvalue weighted by Gasteiger charge is 2.48. The standard InChI is InChI=1S/C43H55N3O6/c1-29-25-32(30(2)44-26-38(48)35-14-16-37(47)42-36(35)15-18-41(49)45-42)13-17-39(29)51-24-8-21-46-22-19-31(20-23-46)40(27-46)52-28-43(50,34-11-6-7-12-34)33-9-4-3-5-10-33/h3-5,9-10,13-18,25,30-31,34,38,40,44,48,50H,6-8,11-12,19-24,26-28H2,1-2H3,(H-,45,47,49)/p+1/t30-,31?,38-,40-,43?,46?/m0/s1. The van der Waals surface area contributed by atoms with Gasteiger partial charge in [0.05, 0.1) is 44.5 Å². The van der Waals surface area contributed by atoms with Gasteiger partial charge in [-0.1, -0.05) is 61.4 Å². The maximum atomic E-state index is 12.1. The van der Waals surface area contributed by atoms with E-state index >= 15 is 0 Å². The number of phenols is 1. The van der Waals surface area contributed by atoms with E-state index in [1.807, 2.05) is 24.3 Å². The van der Waals surface area contributed by atoms with Crippen molar-refractivity contribution < 1.29 is 29.3 Å². The number of aliphatic hydroxyl groups excluding tert-OH is 1. The zero-order valence-corrected chi connectivity index (χ0v) is 30.7. The van der Waals surface area contributed by atoms with Crippen LogP contribution < -0.4 is 15.6 Å². The number of aromatic hydroxyl groups is 1. The fraction of sp³-hybridized carbons (Fsp3) is 0.512. The van der Waals surface area contributed by atoms with Gasteiger partial charge >= 0.3 is 0 Å². The monoisotopic (exact) mass is 710 g/mol. The van der Waals surface area contributed by atoms with Crippen molar-refractivity contribution in [3.8, 4) is 11.5 Å². The van der Waals surface area contributed by atoms with E-state index in [9.17, 15) is 20.1 Å². The van der Waals surface area contributed by atoms with Crippen LogP contribution in [0.25, 0.3) is 10.9 Å². The summed E-state index contributed by atoms with van der Waals surface area (Å²) in [7, 11) is 0. The van der Waals surface area contributed by atoms with Gasteiger partial charge in [0.2, 0.25) is 5.56 Å². The smallest absolute Gasteiger partial charge is 0.248 e. The summed E-state index contributed by atoms with van der Waals surface area (Å²) in [5.74, 6) is 1.71. The molecule has 0 radical (unpaired) electrons. The average Bonchev–Trinajstić information content (AvgIpc) is 3.72. The minimum atomic E-state index is -0.919. The highest BCUT2D eigenvalue weighted by atomic mass is 16.5. The van der Waals surface area contributed by atoms with Crippen LogP contribution >= 0.6 is 0 Å². The molecule has 4 heterocycles. The Morgan fingerprint density at radius 3 is 2.52 bits per heavy atom. The SMILES string of the molecule is Cc1cc([C@H](C)NC[C@H](O)c2ccc(O)c3[nH]c(=O)ccc23)ccc1OCCC[N+]12CCC(CC1)[C@@H](OCC(O)(c1ccccc1)C1CCCC1)C2. The molecule has 5 N–H and O–H groups in total. The molecular formula is C43H56N3O6+. The van der Waals surface area contributed by atoms with E-state index in [2.05, 4.69) is 48.4 Å². The van der Waals surface area contributed by atoms with Crippen LogP contribution in [0.2, 0.25) is 0 Å². The molecule has 4 fully saturated rings. The van der Waals surface area contributed by atoms with Gasteiger partial charge < -0.3 is 39.6 Å². The largest absolute Gasteiger partial charge is 0.506 e. The Morgan fingerprint density at radius 1 is 1.00 bits per heavy atom. The number of hydrogen-bond donors (Lipinski definition) is 5. The van der Waals surface area contributed by atoms with Gasteiger partial charge in [-0.15, -0.1) is 0 Å². The molecular weight excluding hydrogens is 654 g/mol. The molecule has 0 amide bonds. The summed E-state index contributed by atoms with van der Waals surface area (Å²) in [5.41, 5.74) is 2.92. The number of aryl methyl sites for hydroxylation is 1. The number of aliphatic hydroxyl groups is 2. The second-order valence-electron chi connectivity index (χ2n) is 15.8. The Hall–Kier alpha value is -3.73. The lowest BCUT2D eigenvalue weighted by Gasteiger charge is -2.53. The first-order valence-electron chi connectivity index (χ1n) is 19.4. The Bertz CT molecular complexity index is 1870. The normalized spacial score (nSPS) is 24.2. The van der Waals surface area contributed by atoms with Crippen LogP contribution in [0.3, 0.4) is 0 Å². The van der Waals surface area contributed by atoms with Gasteiger partial charge in [0.25, 0.3) is 0 Å². The van der Waals surface area contributed by atoms with E-state index in [0.717, 1.165) is 59.3 Å². The van der Waals surface area contributed by atoms with Crippen LogP contribution in [-0.4, -0.2) is 76.8 Å². The summed E-state index contributed by atoms with van der Waals surface area (Å²) in [6.07, 6.45) is 7.23. The number of pyridine rings is 1. The number of aromatic amines is 1. The highest BCUT2D eigenvalue weighted by molar-refractivity contribution is 5.87. The van der Waals surface area contributed by atoms with Gasteiger partial charge in [0, 0.05) is 49.2 Å². The number of phenolic OH excluding ortho intramolecular Hbond substituents is 1. The maximum absolute atomic E-state index is 12.1. The number of H-pyrrole nitrogens is 1. The fourth-order valence-electron chi connectivity index (χ4n) is 9.28. The quantitative estimate of drug-likeness (QED) is 0.0715. The van der Waals surface area contributed by atoms with Crippen molar-refractivity contribution in [2.75, 3.05) is 45.9 Å². The lowest BCUT2D eigenvalue weighted by atomic mass is 9.80. The zero-order chi connectivity index (χ0) is 36.3. The van der Waals surface area contributed by atoms with E-state index in [-0.39, 0.29) is 29.4 Å². The predicted molar refractivity (Wildman–Crippen MR) is 203 cm³/mol. The summed E-state index contributed by atoms with van der Waals surface area (Å²) in [5, 5.41) is 37.3.